The fourth-order valence-corrected chi connectivity index (χ4v) is 4.54. The minimum Gasteiger partial charge on any atom is -0.372 e. The van der Waals surface area contributed by atoms with Gasteiger partial charge in [0.1, 0.15) is 28.7 Å². The Morgan fingerprint density at radius 3 is 2.56 bits per heavy atom. The largest absolute Gasteiger partial charge is 0.372 e. The van der Waals surface area contributed by atoms with Crippen LogP contribution in [-0.4, -0.2) is 36.7 Å². The first kappa shape index (κ1) is 21.2. The molecule has 1 aliphatic heterocycles. The molecule has 4 aromatic rings. The summed E-state index contributed by atoms with van der Waals surface area (Å²) in [6, 6.07) is 5.57. The normalized spacial score (nSPS) is 20.7. The number of nitrogens with one attached hydrogen (secondary N) is 1. The fourth-order valence-electron chi connectivity index (χ4n) is 4.54. The molecular formula is C25H24F2N6O. The van der Waals surface area contributed by atoms with Gasteiger partial charge in [-0.2, -0.15) is 5.10 Å². The van der Waals surface area contributed by atoms with Gasteiger partial charge < -0.3 is 4.74 Å². The number of fused-ring (bicyclic) bond motifs is 1. The van der Waals surface area contributed by atoms with Crippen molar-refractivity contribution in [3.63, 3.8) is 0 Å². The quantitative estimate of drug-likeness (QED) is 0.447. The molecule has 2 atom stereocenters. The van der Waals surface area contributed by atoms with E-state index >= 15 is 0 Å². The molecule has 1 N–H and O–H groups in total. The third kappa shape index (κ3) is 3.83. The summed E-state index contributed by atoms with van der Waals surface area (Å²) in [4.78, 5) is 18.7. The number of aryl methyl sites for hydroxylation is 2. The summed E-state index contributed by atoms with van der Waals surface area (Å²) in [6.45, 7) is 4.25. The van der Waals surface area contributed by atoms with Gasteiger partial charge in [0.2, 0.25) is 0 Å². The predicted molar refractivity (Wildman–Crippen MR) is 121 cm³/mol. The summed E-state index contributed by atoms with van der Waals surface area (Å²) in [6.07, 6.45) is 3.63. The second-order valence-electron chi connectivity index (χ2n) is 9.22. The topological polar surface area (TPSA) is 89.5 Å². The van der Waals surface area contributed by atoms with E-state index in [1.54, 1.807) is 0 Å². The van der Waals surface area contributed by atoms with Crippen molar-refractivity contribution in [1.82, 2.24) is 30.1 Å². The smallest absolute Gasteiger partial charge is 0.182 e. The molecule has 1 saturated heterocycles. The molecule has 1 aromatic carbocycles. The summed E-state index contributed by atoms with van der Waals surface area (Å²) in [7, 11) is 0. The molecule has 0 spiro atoms. The highest BCUT2D eigenvalue weighted by molar-refractivity contribution is 5.87. The molecule has 0 radical (unpaired) electrons. The van der Waals surface area contributed by atoms with Gasteiger partial charge in [-0.3, -0.25) is 5.10 Å². The zero-order chi connectivity index (χ0) is 23.4. The van der Waals surface area contributed by atoms with Gasteiger partial charge in [-0.15, -0.1) is 0 Å². The molecule has 34 heavy (non-hydrogen) atoms. The van der Waals surface area contributed by atoms with Crippen LogP contribution in [0, 0.1) is 25.5 Å². The van der Waals surface area contributed by atoms with Crippen LogP contribution in [0.3, 0.4) is 0 Å². The summed E-state index contributed by atoms with van der Waals surface area (Å²) < 4.78 is 34.4. The number of rotatable bonds is 4. The summed E-state index contributed by atoms with van der Waals surface area (Å²) in [5.74, 6) is -0.219. The van der Waals surface area contributed by atoms with Crippen molar-refractivity contribution in [2.24, 2.45) is 0 Å². The van der Waals surface area contributed by atoms with Crippen LogP contribution in [0.15, 0.2) is 24.3 Å². The van der Waals surface area contributed by atoms with Gasteiger partial charge in [0.15, 0.2) is 5.65 Å². The highest BCUT2D eigenvalue weighted by Crippen LogP contribution is 2.42. The summed E-state index contributed by atoms with van der Waals surface area (Å²) in [5.41, 5.74) is 4.84. The third-order valence-corrected chi connectivity index (χ3v) is 6.75. The van der Waals surface area contributed by atoms with Gasteiger partial charge >= 0.3 is 0 Å². The van der Waals surface area contributed by atoms with Crippen molar-refractivity contribution in [1.29, 1.82) is 0 Å². The van der Waals surface area contributed by atoms with E-state index in [1.165, 1.54) is 25.0 Å². The van der Waals surface area contributed by atoms with Crippen molar-refractivity contribution >= 4 is 11.2 Å². The van der Waals surface area contributed by atoms with Crippen molar-refractivity contribution in [3.05, 3.63) is 64.5 Å². The van der Waals surface area contributed by atoms with Crippen LogP contribution >= 0.6 is 0 Å². The van der Waals surface area contributed by atoms with Gasteiger partial charge in [0, 0.05) is 30.1 Å². The molecule has 9 heteroatoms. The van der Waals surface area contributed by atoms with Crippen LogP contribution < -0.4 is 0 Å². The lowest BCUT2D eigenvalue weighted by molar-refractivity contribution is 0.00146. The summed E-state index contributed by atoms with van der Waals surface area (Å²) in [5, 5.41) is 7.59. The van der Waals surface area contributed by atoms with E-state index in [9.17, 15) is 8.78 Å². The van der Waals surface area contributed by atoms with Gasteiger partial charge in [0.25, 0.3) is 0 Å². The van der Waals surface area contributed by atoms with Crippen LogP contribution in [0.4, 0.5) is 8.78 Å². The second-order valence-corrected chi connectivity index (χ2v) is 9.22. The Balaban J connectivity index is 1.41. The molecule has 174 valence electrons. The number of halogens is 2. The van der Waals surface area contributed by atoms with E-state index in [2.05, 4.69) is 26.2 Å². The van der Waals surface area contributed by atoms with Crippen LogP contribution in [-0.2, 0) is 4.74 Å². The Morgan fingerprint density at radius 1 is 0.941 bits per heavy atom. The summed E-state index contributed by atoms with van der Waals surface area (Å²) >= 11 is 0. The molecule has 7 nitrogen and oxygen atoms in total. The molecule has 1 aliphatic carbocycles. The zero-order valence-corrected chi connectivity index (χ0v) is 19.0. The minimum atomic E-state index is -0.694. The first-order valence-corrected chi connectivity index (χ1v) is 11.6. The van der Waals surface area contributed by atoms with Crippen LogP contribution in [0.25, 0.3) is 22.4 Å². The Kier molecular flexibility index (Phi) is 5.09. The minimum absolute atomic E-state index is 0.0125. The van der Waals surface area contributed by atoms with Crippen molar-refractivity contribution in [2.75, 3.05) is 6.61 Å². The highest BCUT2D eigenvalue weighted by atomic mass is 19.1. The molecule has 0 bridgehead atoms. The number of aromatic nitrogens is 6. The van der Waals surface area contributed by atoms with E-state index in [-0.39, 0.29) is 17.6 Å². The highest BCUT2D eigenvalue weighted by Gasteiger charge is 2.32. The second kappa shape index (κ2) is 8.16. The van der Waals surface area contributed by atoms with E-state index in [0.717, 1.165) is 29.6 Å². The first-order valence-electron chi connectivity index (χ1n) is 11.6. The van der Waals surface area contributed by atoms with Crippen molar-refractivity contribution in [2.45, 2.75) is 57.5 Å². The number of hydrogen-bond acceptors (Lipinski definition) is 6. The van der Waals surface area contributed by atoms with Crippen LogP contribution in [0.2, 0.25) is 0 Å². The number of H-pyrrole nitrogens is 1. The molecule has 3 aromatic heterocycles. The number of aromatic amines is 1. The van der Waals surface area contributed by atoms with Gasteiger partial charge in [-0.1, -0.05) is 0 Å². The Bertz CT molecular complexity index is 1400. The maximum Gasteiger partial charge on any atom is 0.182 e. The van der Waals surface area contributed by atoms with E-state index < -0.39 is 11.6 Å². The number of nitrogens with zero attached hydrogens (tertiary/aromatic N) is 5. The molecule has 2 aliphatic rings. The predicted octanol–water partition coefficient (Wildman–Crippen LogP) is 5.22. The Labute approximate surface area is 195 Å². The average Bonchev–Trinajstić information content (AvgIpc) is 3.56. The molecule has 0 amide bonds. The lowest BCUT2D eigenvalue weighted by atomic mass is 9.92. The third-order valence-electron chi connectivity index (χ3n) is 6.75. The molecular weight excluding hydrogens is 438 g/mol. The number of ether oxygens (including phenoxy) is 1. The van der Waals surface area contributed by atoms with Crippen LogP contribution in [0.5, 0.6) is 0 Å². The monoisotopic (exact) mass is 462 g/mol. The molecule has 2 unspecified atom stereocenters. The van der Waals surface area contributed by atoms with Crippen LogP contribution in [0.1, 0.15) is 72.2 Å². The van der Waals surface area contributed by atoms with Crippen molar-refractivity contribution in [3.8, 4) is 11.3 Å². The SMILES string of the molecule is Cc1nc2nc(C3CCOC(c4cc(C5CC5)n[nH]4)C3)nc(-c3ccc(F)cc3F)c2nc1C. The fraction of sp³-hybridized carbons (Fsp3) is 0.400. The first-order chi connectivity index (χ1) is 16.5. The molecule has 1 saturated carbocycles. The number of benzene rings is 1. The van der Waals surface area contributed by atoms with Gasteiger partial charge in [0.05, 0.1) is 28.9 Å². The lowest BCUT2D eigenvalue weighted by Gasteiger charge is -2.28. The van der Waals surface area contributed by atoms with E-state index in [1.807, 2.05) is 13.8 Å². The standard InChI is InChI=1S/C25H24F2N6O/c1-12-13(2)29-25-23(28-12)22(17-6-5-16(26)10-18(17)27)30-24(31-25)15-7-8-34-21(9-15)20-11-19(32-33-20)14-3-4-14/h5-6,10-11,14-15,21H,3-4,7-9H2,1-2H3,(H,32,33). The lowest BCUT2D eigenvalue weighted by Crippen LogP contribution is -2.21. The average molecular weight is 463 g/mol. The Hall–Kier alpha value is -3.33. The molecule has 6 rings (SSSR count). The molecule has 4 heterocycles. The van der Waals surface area contributed by atoms with Crippen molar-refractivity contribution < 1.29 is 13.5 Å². The zero-order valence-electron chi connectivity index (χ0n) is 19.0. The number of hydrogen-bond donors (Lipinski definition) is 1. The van der Waals surface area contributed by atoms with Gasteiger partial charge in [-0.25, -0.2) is 28.7 Å². The van der Waals surface area contributed by atoms with Gasteiger partial charge in [-0.05, 0) is 57.7 Å². The van der Waals surface area contributed by atoms with E-state index in [4.69, 9.17) is 14.7 Å². The molecule has 2 fully saturated rings. The maximum absolute atomic E-state index is 14.8. The Morgan fingerprint density at radius 2 is 1.76 bits per heavy atom. The maximum atomic E-state index is 14.8. The van der Waals surface area contributed by atoms with E-state index in [0.29, 0.717) is 47.3 Å².